The molecule has 1 rings (SSSR count). The van der Waals surface area contributed by atoms with Gasteiger partial charge in [-0.05, 0) is 12.8 Å². The van der Waals surface area contributed by atoms with Gasteiger partial charge >= 0.3 is 0 Å². The molecule has 1 unspecified atom stereocenters. The van der Waals surface area contributed by atoms with Crippen LogP contribution in [0.15, 0.2) is 0 Å². The Labute approximate surface area is 71.5 Å². The summed E-state index contributed by atoms with van der Waals surface area (Å²) in [7, 11) is 0. The van der Waals surface area contributed by atoms with Crippen LogP contribution in [0.25, 0.3) is 0 Å². The highest BCUT2D eigenvalue weighted by Crippen LogP contribution is 2.11. The Kier molecular flexibility index (Phi) is 3.55. The Bertz CT molecular complexity index is 192. The third kappa shape index (κ3) is 2.51. The van der Waals surface area contributed by atoms with Crippen LogP contribution in [-0.4, -0.2) is 25.2 Å². The number of nitrogens with one attached hydrogen (secondary N) is 1. The van der Waals surface area contributed by atoms with Gasteiger partial charge in [0, 0.05) is 13.2 Å². The Morgan fingerprint density at radius 3 is 3.17 bits per heavy atom. The number of rotatable bonds is 3. The van der Waals surface area contributed by atoms with E-state index in [9.17, 15) is 4.79 Å². The summed E-state index contributed by atoms with van der Waals surface area (Å²) in [5.74, 6) is -0.0808. The van der Waals surface area contributed by atoms with Gasteiger partial charge < -0.3 is 10.1 Å². The molecule has 66 valence electrons. The minimum atomic E-state index is -0.274. The molecule has 1 aliphatic rings. The van der Waals surface area contributed by atoms with Crippen LogP contribution >= 0.6 is 0 Å². The fourth-order valence-corrected chi connectivity index (χ4v) is 1.14. The van der Waals surface area contributed by atoms with Crippen molar-refractivity contribution in [1.82, 2.24) is 5.32 Å². The van der Waals surface area contributed by atoms with Crippen molar-refractivity contribution in [2.75, 3.05) is 13.2 Å². The van der Waals surface area contributed by atoms with Gasteiger partial charge in [0.05, 0.1) is 12.5 Å². The van der Waals surface area contributed by atoms with Gasteiger partial charge in [-0.25, -0.2) is 0 Å². The van der Waals surface area contributed by atoms with E-state index >= 15 is 0 Å². The van der Waals surface area contributed by atoms with Crippen molar-refractivity contribution in [1.29, 1.82) is 5.26 Å². The molecule has 0 aromatic heterocycles. The lowest BCUT2D eigenvalue weighted by atomic mass is 10.2. The van der Waals surface area contributed by atoms with Crippen molar-refractivity contribution in [3.8, 4) is 6.07 Å². The maximum absolute atomic E-state index is 11.2. The van der Waals surface area contributed by atoms with Crippen LogP contribution < -0.4 is 5.32 Å². The normalized spacial score (nSPS) is 21.8. The van der Waals surface area contributed by atoms with Crippen molar-refractivity contribution in [2.24, 2.45) is 0 Å². The topological polar surface area (TPSA) is 62.1 Å². The van der Waals surface area contributed by atoms with Crippen molar-refractivity contribution >= 4 is 5.91 Å². The molecule has 4 nitrogen and oxygen atoms in total. The summed E-state index contributed by atoms with van der Waals surface area (Å²) >= 11 is 0. The summed E-state index contributed by atoms with van der Waals surface area (Å²) in [5, 5.41) is 10.9. The lowest BCUT2D eigenvalue weighted by Gasteiger charge is -2.08. The van der Waals surface area contributed by atoms with E-state index in [2.05, 4.69) is 5.32 Å². The number of nitrogens with zero attached hydrogens (tertiary/aromatic N) is 1. The average molecular weight is 168 g/mol. The van der Waals surface area contributed by atoms with Gasteiger partial charge in [0.1, 0.15) is 6.10 Å². The van der Waals surface area contributed by atoms with E-state index in [-0.39, 0.29) is 12.0 Å². The predicted molar refractivity (Wildman–Crippen MR) is 42.2 cm³/mol. The number of hydrogen-bond acceptors (Lipinski definition) is 3. The molecule has 1 fully saturated rings. The smallest absolute Gasteiger partial charge is 0.249 e. The Hall–Kier alpha value is -1.08. The van der Waals surface area contributed by atoms with Crippen LogP contribution in [0.2, 0.25) is 0 Å². The summed E-state index contributed by atoms with van der Waals surface area (Å²) in [5.41, 5.74) is 0. The van der Waals surface area contributed by atoms with Crippen LogP contribution in [0, 0.1) is 11.3 Å². The van der Waals surface area contributed by atoms with E-state index in [4.69, 9.17) is 10.00 Å². The summed E-state index contributed by atoms with van der Waals surface area (Å²) < 4.78 is 5.15. The number of nitriles is 1. The van der Waals surface area contributed by atoms with Crippen LogP contribution in [0.4, 0.5) is 0 Å². The fraction of sp³-hybridized carbons (Fsp3) is 0.750. The van der Waals surface area contributed by atoms with E-state index in [1.165, 1.54) is 0 Å². The Morgan fingerprint density at radius 2 is 2.58 bits per heavy atom. The molecule has 0 spiro atoms. The molecule has 0 radical (unpaired) electrons. The number of carbonyl (C=O) groups excluding carboxylic acids is 1. The largest absolute Gasteiger partial charge is 0.368 e. The molecular weight excluding hydrogens is 156 g/mol. The fourth-order valence-electron chi connectivity index (χ4n) is 1.14. The molecule has 0 aromatic carbocycles. The quantitative estimate of drug-likeness (QED) is 0.612. The van der Waals surface area contributed by atoms with Crippen molar-refractivity contribution in [2.45, 2.75) is 25.4 Å². The van der Waals surface area contributed by atoms with Crippen LogP contribution in [-0.2, 0) is 9.53 Å². The zero-order chi connectivity index (χ0) is 8.81. The molecule has 0 bridgehead atoms. The number of amides is 1. The molecule has 12 heavy (non-hydrogen) atoms. The first-order valence-electron chi connectivity index (χ1n) is 4.11. The van der Waals surface area contributed by atoms with Gasteiger partial charge in [0.15, 0.2) is 0 Å². The highest BCUT2D eigenvalue weighted by Gasteiger charge is 2.22. The van der Waals surface area contributed by atoms with Gasteiger partial charge in [-0.2, -0.15) is 5.26 Å². The molecule has 1 atom stereocenters. The van der Waals surface area contributed by atoms with E-state index in [1.807, 2.05) is 6.07 Å². The molecule has 0 aromatic rings. The lowest BCUT2D eigenvalue weighted by molar-refractivity contribution is -0.129. The zero-order valence-corrected chi connectivity index (χ0v) is 6.88. The average Bonchev–Trinajstić information content (AvgIpc) is 2.56. The minimum Gasteiger partial charge on any atom is -0.368 e. The van der Waals surface area contributed by atoms with Gasteiger partial charge in [0.25, 0.3) is 0 Å². The highest BCUT2D eigenvalue weighted by atomic mass is 16.5. The van der Waals surface area contributed by atoms with Crippen molar-refractivity contribution in [3.63, 3.8) is 0 Å². The van der Waals surface area contributed by atoms with Crippen LogP contribution in [0.1, 0.15) is 19.3 Å². The van der Waals surface area contributed by atoms with Gasteiger partial charge in [-0.3, -0.25) is 4.79 Å². The molecule has 1 saturated heterocycles. The maximum atomic E-state index is 11.2. The number of ether oxygens (including phenoxy) is 1. The molecule has 1 N–H and O–H groups in total. The van der Waals surface area contributed by atoms with E-state index in [1.54, 1.807) is 0 Å². The maximum Gasteiger partial charge on any atom is 0.249 e. The van der Waals surface area contributed by atoms with Crippen LogP contribution in [0.5, 0.6) is 0 Å². The predicted octanol–water partition coefficient (Wildman–Crippen LogP) is 0.195. The summed E-state index contributed by atoms with van der Waals surface area (Å²) in [6, 6.07) is 1.96. The van der Waals surface area contributed by atoms with E-state index < -0.39 is 0 Å². The number of carbonyl (C=O) groups is 1. The van der Waals surface area contributed by atoms with E-state index in [0.29, 0.717) is 19.6 Å². The first kappa shape index (κ1) is 9.01. The molecule has 4 heteroatoms. The van der Waals surface area contributed by atoms with Crippen molar-refractivity contribution in [3.05, 3.63) is 0 Å². The molecule has 1 heterocycles. The third-order valence-electron chi connectivity index (χ3n) is 1.76. The second-order valence-electron chi connectivity index (χ2n) is 2.70. The summed E-state index contributed by atoms with van der Waals surface area (Å²) in [6.07, 6.45) is 1.84. The zero-order valence-electron chi connectivity index (χ0n) is 6.88. The molecule has 0 aliphatic carbocycles. The lowest BCUT2D eigenvalue weighted by Crippen LogP contribution is -2.34. The first-order valence-corrected chi connectivity index (χ1v) is 4.11. The molecular formula is C8H12N2O2. The summed E-state index contributed by atoms with van der Waals surface area (Å²) in [6.45, 7) is 1.10. The first-order chi connectivity index (χ1) is 5.84. The third-order valence-corrected chi connectivity index (χ3v) is 1.76. The van der Waals surface area contributed by atoms with Crippen molar-refractivity contribution < 1.29 is 9.53 Å². The second kappa shape index (κ2) is 4.73. The Balaban J connectivity index is 2.15. The van der Waals surface area contributed by atoms with E-state index in [0.717, 1.165) is 12.8 Å². The van der Waals surface area contributed by atoms with Gasteiger partial charge in [-0.1, -0.05) is 0 Å². The molecule has 0 saturated carbocycles. The minimum absolute atomic E-state index is 0.0808. The summed E-state index contributed by atoms with van der Waals surface area (Å²) in [4.78, 5) is 11.2. The standard InChI is InChI=1S/C8H12N2O2/c9-4-2-5-10-8(11)7-3-1-6-12-7/h7H,1-3,5-6H2,(H,10,11). The van der Waals surface area contributed by atoms with Gasteiger partial charge in [0.2, 0.25) is 5.91 Å². The molecule has 1 aliphatic heterocycles. The monoisotopic (exact) mass is 168 g/mol. The second-order valence-corrected chi connectivity index (χ2v) is 2.70. The van der Waals surface area contributed by atoms with Gasteiger partial charge in [-0.15, -0.1) is 0 Å². The Morgan fingerprint density at radius 1 is 1.75 bits per heavy atom. The number of hydrogen-bond donors (Lipinski definition) is 1. The highest BCUT2D eigenvalue weighted by molar-refractivity contribution is 5.80. The van der Waals surface area contributed by atoms with Crippen LogP contribution in [0.3, 0.4) is 0 Å². The molecule has 1 amide bonds. The SMILES string of the molecule is N#CCCNC(=O)C1CCCO1.